The van der Waals surface area contributed by atoms with Gasteiger partial charge in [-0.2, -0.15) is 5.10 Å². The lowest BCUT2D eigenvalue weighted by molar-refractivity contribution is 0.264. The summed E-state index contributed by atoms with van der Waals surface area (Å²) in [6.45, 7) is 6.37. The molecule has 0 aliphatic rings. The van der Waals surface area contributed by atoms with Crippen molar-refractivity contribution in [3.63, 3.8) is 0 Å². The second-order valence-electron chi connectivity index (χ2n) is 5.27. The molecule has 0 aliphatic heterocycles. The largest absolute Gasteiger partial charge is 0.461 e. The summed E-state index contributed by atoms with van der Waals surface area (Å²) < 4.78 is 8.98. The highest BCUT2D eigenvalue weighted by atomic mass is 16.3. The second kappa shape index (κ2) is 5.76. The number of rotatable bonds is 5. The lowest BCUT2D eigenvalue weighted by Gasteiger charge is -2.14. The van der Waals surface area contributed by atoms with Crippen LogP contribution in [0, 0.1) is 13.8 Å². The quantitative estimate of drug-likeness (QED) is 0.779. The number of aliphatic hydroxyl groups excluding tert-OH is 1. The lowest BCUT2D eigenvalue weighted by Crippen LogP contribution is -2.18. The van der Waals surface area contributed by atoms with Crippen LogP contribution in [0.4, 0.5) is 0 Å². The monoisotopic (exact) mass is 301 g/mol. The van der Waals surface area contributed by atoms with E-state index in [1.165, 1.54) is 0 Å². The molecule has 0 fully saturated rings. The molecule has 1 atom stereocenters. The fourth-order valence-corrected chi connectivity index (χ4v) is 2.58. The zero-order valence-corrected chi connectivity index (χ0v) is 12.9. The molecule has 0 radical (unpaired) electrons. The number of hydrogen-bond donors (Lipinski definition) is 1. The summed E-state index contributed by atoms with van der Waals surface area (Å²) in [5.74, 6) is 1.87. The molecule has 0 aromatic carbocycles. The molecule has 0 saturated carbocycles. The average molecular weight is 301 g/mol. The maximum Gasteiger partial charge on any atom is 0.217 e. The molecule has 116 valence electrons. The fraction of sp³-hybridized carbons (Fsp3) is 0.400. The van der Waals surface area contributed by atoms with Crippen molar-refractivity contribution in [1.29, 1.82) is 0 Å². The van der Waals surface area contributed by atoms with Crippen LogP contribution in [-0.2, 0) is 6.54 Å². The molecule has 0 amide bonds. The Morgan fingerprint density at radius 3 is 2.73 bits per heavy atom. The number of aliphatic hydroxyl groups is 1. The second-order valence-corrected chi connectivity index (χ2v) is 5.27. The standard InChI is InChI=1S/C15H19N5O2/c1-10-9-11(2)20(17-10)12(3)15-16-14(13-5-4-8-22-13)18-19(15)6-7-21/h4-5,8-9,12,21H,6-7H2,1-3H3/t12-/m0/s1. The smallest absolute Gasteiger partial charge is 0.217 e. The minimum Gasteiger partial charge on any atom is -0.461 e. The molecule has 0 aliphatic carbocycles. The van der Waals surface area contributed by atoms with Gasteiger partial charge < -0.3 is 9.52 Å². The van der Waals surface area contributed by atoms with Gasteiger partial charge in [0.2, 0.25) is 5.82 Å². The number of furan rings is 1. The zero-order chi connectivity index (χ0) is 15.7. The van der Waals surface area contributed by atoms with Crippen molar-refractivity contribution in [2.75, 3.05) is 6.61 Å². The van der Waals surface area contributed by atoms with E-state index in [0.717, 1.165) is 17.2 Å². The van der Waals surface area contributed by atoms with Gasteiger partial charge in [-0.3, -0.25) is 4.68 Å². The Kier molecular flexibility index (Phi) is 3.81. The van der Waals surface area contributed by atoms with E-state index in [2.05, 4.69) is 15.2 Å². The summed E-state index contributed by atoms with van der Waals surface area (Å²) >= 11 is 0. The molecule has 0 bridgehead atoms. The van der Waals surface area contributed by atoms with E-state index < -0.39 is 0 Å². The highest BCUT2D eigenvalue weighted by Crippen LogP contribution is 2.22. The van der Waals surface area contributed by atoms with E-state index in [1.54, 1.807) is 17.0 Å². The summed E-state index contributed by atoms with van der Waals surface area (Å²) in [7, 11) is 0. The van der Waals surface area contributed by atoms with Crippen LogP contribution in [0.3, 0.4) is 0 Å². The number of nitrogens with zero attached hydrogens (tertiary/aromatic N) is 5. The molecule has 1 N–H and O–H groups in total. The maximum atomic E-state index is 9.26. The molecule has 3 heterocycles. The molecule has 0 saturated heterocycles. The van der Waals surface area contributed by atoms with Crippen LogP contribution in [0.25, 0.3) is 11.6 Å². The summed E-state index contributed by atoms with van der Waals surface area (Å²) in [4.78, 5) is 4.58. The molecular formula is C15H19N5O2. The Morgan fingerprint density at radius 1 is 1.32 bits per heavy atom. The predicted molar refractivity (Wildman–Crippen MR) is 80.3 cm³/mol. The van der Waals surface area contributed by atoms with Gasteiger partial charge in [-0.1, -0.05) is 0 Å². The van der Waals surface area contributed by atoms with Crippen LogP contribution in [0.1, 0.15) is 30.2 Å². The average Bonchev–Trinajstić information content (AvgIpc) is 3.18. The summed E-state index contributed by atoms with van der Waals surface area (Å²) in [5.41, 5.74) is 2.02. The molecule has 3 rings (SSSR count). The van der Waals surface area contributed by atoms with Crippen LogP contribution >= 0.6 is 0 Å². The summed E-state index contributed by atoms with van der Waals surface area (Å²) in [6.07, 6.45) is 1.59. The molecule has 0 unspecified atom stereocenters. The van der Waals surface area contributed by atoms with Crippen LogP contribution in [0.2, 0.25) is 0 Å². The molecule has 7 nitrogen and oxygen atoms in total. The van der Waals surface area contributed by atoms with Crippen molar-refractivity contribution in [1.82, 2.24) is 24.5 Å². The number of aromatic nitrogens is 5. The van der Waals surface area contributed by atoms with Gasteiger partial charge in [0.05, 0.1) is 25.1 Å². The van der Waals surface area contributed by atoms with Gasteiger partial charge >= 0.3 is 0 Å². The lowest BCUT2D eigenvalue weighted by atomic mass is 10.3. The van der Waals surface area contributed by atoms with Crippen molar-refractivity contribution in [3.8, 4) is 11.6 Å². The predicted octanol–water partition coefficient (Wildman–Crippen LogP) is 1.95. The first-order valence-electron chi connectivity index (χ1n) is 7.22. The normalized spacial score (nSPS) is 12.7. The third kappa shape index (κ3) is 2.55. The van der Waals surface area contributed by atoms with Gasteiger partial charge in [0.25, 0.3) is 0 Å². The molecule has 3 aromatic rings. The first-order valence-corrected chi connectivity index (χ1v) is 7.22. The van der Waals surface area contributed by atoms with Crippen LogP contribution in [0.5, 0.6) is 0 Å². The van der Waals surface area contributed by atoms with Crippen LogP contribution in [0.15, 0.2) is 28.9 Å². The van der Waals surface area contributed by atoms with Gasteiger partial charge in [-0.05, 0) is 39.0 Å². The number of aryl methyl sites for hydroxylation is 2. The van der Waals surface area contributed by atoms with Gasteiger partial charge in [-0.25, -0.2) is 9.67 Å². The van der Waals surface area contributed by atoms with Gasteiger partial charge in [0.1, 0.15) is 6.04 Å². The Hall–Kier alpha value is -2.41. The highest BCUT2D eigenvalue weighted by Gasteiger charge is 2.21. The van der Waals surface area contributed by atoms with E-state index in [0.29, 0.717) is 18.1 Å². The molecule has 0 spiro atoms. The van der Waals surface area contributed by atoms with Gasteiger partial charge in [0.15, 0.2) is 11.6 Å². The Balaban J connectivity index is 2.03. The Morgan fingerprint density at radius 2 is 2.14 bits per heavy atom. The van der Waals surface area contributed by atoms with Crippen molar-refractivity contribution in [2.24, 2.45) is 0 Å². The number of hydrogen-bond acceptors (Lipinski definition) is 5. The van der Waals surface area contributed by atoms with Crippen molar-refractivity contribution in [3.05, 3.63) is 41.7 Å². The molecule has 7 heteroatoms. The van der Waals surface area contributed by atoms with E-state index in [9.17, 15) is 5.11 Å². The molecule has 3 aromatic heterocycles. The SMILES string of the molecule is Cc1cc(C)n([C@@H](C)c2nc(-c3ccco3)nn2CCO)n1. The van der Waals surface area contributed by atoms with Gasteiger partial charge in [0, 0.05) is 5.69 Å². The first kappa shape index (κ1) is 14.5. The van der Waals surface area contributed by atoms with Crippen LogP contribution < -0.4 is 0 Å². The Labute approximate surface area is 128 Å². The maximum absolute atomic E-state index is 9.26. The fourth-order valence-electron chi connectivity index (χ4n) is 2.58. The topological polar surface area (TPSA) is 81.9 Å². The van der Waals surface area contributed by atoms with Crippen molar-refractivity contribution >= 4 is 0 Å². The zero-order valence-electron chi connectivity index (χ0n) is 12.9. The summed E-state index contributed by atoms with van der Waals surface area (Å²) in [6, 6.07) is 5.55. The highest BCUT2D eigenvalue weighted by molar-refractivity contribution is 5.45. The summed E-state index contributed by atoms with van der Waals surface area (Å²) in [5, 5.41) is 18.2. The third-order valence-corrected chi connectivity index (χ3v) is 3.54. The first-order chi connectivity index (χ1) is 10.6. The minimum atomic E-state index is -0.0866. The van der Waals surface area contributed by atoms with E-state index >= 15 is 0 Å². The van der Waals surface area contributed by atoms with Crippen molar-refractivity contribution < 1.29 is 9.52 Å². The Bertz CT molecular complexity index is 757. The van der Waals surface area contributed by atoms with Crippen LogP contribution in [-0.4, -0.2) is 36.3 Å². The minimum absolute atomic E-state index is 0.00219. The van der Waals surface area contributed by atoms with Gasteiger partial charge in [-0.15, -0.1) is 5.10 Å². The third-order valence-electron chi connectivity index (χ3n) is 3.54. The van der Waals surface area contributed by atoms with E-state index in [-0.39, 0.29) is 12.6 Å². The van der Waals surface area contributed by atoms with Crippen molar-refractivity contribution in [2.45, 2.75) is 33.4 Å². The van der Waals surface area contributed by atoms with E-state index in [1.807, 2.05) is 37.6 Å². The van der Waals surface area contributed by atoms with E-state index in [4.69, 9.17) is 4.42 Å². The molecular weight excluding hydrogens is 282 g/mol. The molecule has 22 heavy (non-hydrogen) atoms.